The van der Waals surface area contributed by atoms with Crippen LogP contribution in [0.4, 0.5) is 5.69 Å². The molecule has 1 N–H and O–H groups in total. The van der Waals surface area contributed by atoms with Gasteiger partial charge in [0.15, 0.2) is 0 Å². The lowest BCUT2D eigenvalue weighted by Crippen LogP contribution is -2.53. The van der Waals surface area contributed by atoms with Crippen LogP contribution >= 0.6 is 23.4 Å². The predicted octanol–water partition coefficient (Wildman–Crippen LogP) is 3.12. The molecule has 5 atom stereocenters. The summed E-state index contributed by atoms with van der Waals surface area (Å²) in [6.07, 6.45) is 9.73. The van der Waals surface area contributed by atoms with E-state index in [-0.39, 0.29) is 36.2 Å². The number of fused-ring (bicyclic) bond motifs is 2. The lowest BCUT2D eigenvalue weighted by atomic mass is 9.78. The first-order valence-electron chi connectivity index (χ1n) is 12.1. The van der Waals surface area contributed by atoms with Gasteiger partial charge in [0, 0.05) is 24.9 Å². The fourth-order valence-electron chi connectivity index (χ4n) is 5.95. The highest BCUT2D eigenvalue weighted by Crippen LogP contribution is 2.61. The molecule has 0 saturated carbocycles. The van der Waals surface area contributed by atoms with Gasteiger partial charge < -0.3 is 19.6 Å². The number of unbranched alkanes of at least 4 members (excludes halogenated alkanes) is 2. The molecule has 4 aliphatic rings. The first kappa shape index (κ1) is 24.4. The number of para-hydroxylation sites is 1. The number of rotatable bonds is 6. The number of thioether (sulfide) groups is 1. The normalized spacial score (nSPS) is 31.7. The number of carbonyl (C=O) groups is 3. The van der Waals surface area contributed by atoms with Crippen LogP contribution in [0.25, 0.3) is 0 Å². The average molecular weight is 517 g/mol. The second kappa shape index (κ2) is 9.64. The van der Waals surface area contributed by atoms with Gasteiger partial charge in [0.1, 0.15) is 12.6 Å². The summed E-state index contributed by atoms with van der Waals surface area (Å²) in [6.45, 7) is 2.92. The first-order chi connectivity index (χ1) is 16.9. The molecule has 2 amide bonds. The number of anilines is 1. The van der Waals surface area contributed by atoms with E-state index in [4.69, 9.17) is 16.3 Å². The molecule has 186 valence electrons. The molecule has 35 heavy (non-hydrogen) atoms. The summed E-state index contributed by atoms with van der Waals surface area (Å²) < 4.78 is 4.53. The van der Waals surface area contributed by atoms with Crippen LogP contribution in [0.3, 0.4) is 0 Å². The molecule has 1 unspecified atom stereocenters. The maximum Gasteiger partial charge on any atom is 0.311 e. The van der Waals surface area contributed by atoms with Gasteiger partial charge in [0.05, 0.1) is 27.3 Å². The van der Waals surface area contributed by atoms with Crippen LogP contribution in [-0.2, 0) is 19.1 Å². The van der Waals surface area contributed by atoms with Crippen molar-refractivity contribution in [3.63, 3.8) is 0 Å². The van der Waals surface area contributed by atoms with Crippen LogP contribution in [0.1, 0.15) is 24.8 Å². The van der Waals surface area contributed by atoms with Gasteiger partial charge in [-0.25, -0.2) is 0 Å². The van der Waals surface area contributed by atoms with Crippen molar-refractivity contribution in [3.8, 4) is 0 Å². The van der Waals surface area contributed by atoms with Crippen molar-refractivity contribution in [3.05, 3.63) is 53.1 Å². The maximum atomic E-state index is 14.3. The van der Waals surface area contributed by atoms with Gasteiger partial charge in [0.2, 0.25) is 5.91 Å². The van der Waals surface area contributed by atoms with Crippen molar-refractivity contribution in [1.82, 2.24) is 4.90 Å². The molecule has 1 aromatic carbocycles. The van der Waals surface area contributed by atoms with Gasteiger partial charge in [0.25, 0.3) is 5.91 Å². The number of amides is 2. The van der Waals surface area contributed by atoms with E-state index in [1.165, 1.54) is 11.8 Å². The van der Waals surface area contributed by atoms with Crippen LogP contribution in [0.2, 0.25) is 5.02 Å². The summed E-state index contributed by atoms with van der Waals surface area (Å²) >= 11 is 8.09. The van der Waals surface area contributed by atoms with Gasteiger partial charge in [-0.2, -0.15) is 0 Å². The van der Waals surface area contributed by atoms with E-state index < -0.39 is 22.6 Å². The van der Waals surface area contributed by atoms with E-state index in [9.17, 15) is 19.5 Å². The average Bonchev–Trinajstić information content (AvgIpc) is 3.12. The molecule has 4 heterocycles. The Hall–Kier alpha value is -2.29. The number of likely N-dealkylation sites (tertiary alicyclic amines) is 1. The number of aryl methyl sites for hydroxylation is 1. The number of nitrogens with zero attached hydrogens (tertiary/aromatic N) is 2. The van der Waals surface area contributed by atoms with Crippen molar-refractivity contribution in [2.75, 3.05) is 31.2 Å². The van der Waals surface area contributed by atoms with Crippen molar-refractivity contribution in [1.29, 1.82) is 0 Å². The molecule has 1 spiro atoms. The fourth-order valence-corrected chi connectivity index (χ4v) is 8.27. The van der Waals surface area contributed by atoms with Crippen LogP contribution in [0.15, 0.2) is 42.5 Å². The van der Waals surface area contributed by atoms with Crippen molar-refractivity contribution in [2.24, 2.45) is 11.8 Å². The number of esters is 1. The SMILES string of the molecule is Cc1cccc(Cl)c1N1CC=C[C@]23S[C@@H]4C=CCOC(=O)[C@@H]4[C@H]2C(=O)N(CCCCCO)C3C1=O. The maximum absolute atomic E-state index is 14.3. The Morgan fingerprint density at radius 3 is 2.77 bits per heavy atom. The molecular weight excluding hydrogens is 488 g/mol. The molecule has 9 heteroatoms. The third-order valence-corrected chi connectivity index (χ3v) is 9.48. The topological polar surface area (TPSA) is 87.2 Å². The molecule has 1 aromatic rings. The van der Waals surface area contributed by atoms with E-state index >= 15 is 0 Å². The minimum absolute atomic E-state index is 0.0863. The van der Waals surface area contributed by atoms with E-state index in [0.717, 1.165) is 12.0 Å². The Labute approximate surface area is 214 Å². The minimum atomic E-state index is -0.870. The van der Waals surface area contributed by atoms with Crippen molar-refractivity contribution in [2.45, 2.75) is 42.2 Å². The van der Waals surface area contributed by atoms with Crippen molar-refractivity contribution < 1.29 is 24.2 Å². The first-order valence-corrected chi connectivity index (χ1v) is 13.3. The number of ether oxygens (including phenoxy) is 1. The quantitative estimate of drug-likeness (QED) is 0.355. The van der Waals surface area contributed by atoms with Gasteiger partial charge in [-0.1, -0.05) is 48.0 Å². The summed E-state index contributed by atoms with van der Waals surface area (Å²) in [7, 11) is 0. The number of cyclic esters (lactones) is 1. The largest absolute Gasteiger partial charge is 0.461 e. The monoisotopic (exact) mass is 516 g/mol. The smallest absolute Gasteiger partial charge is 0.311 e. The number of halogens is 1. The molecular formula is C26H29ClN2O5S. The summed E-state index contributed by atoms with van der Waals surface area (Å²) in [6, 6.07) is 4.76. The molecule has 0 bridgehead atoms. The van der Waals surface area contributed by atoms with Gasteiger partial charge >= 0.3 is 5.97 Å². The summed E-state index contributed by atoms with van der Waals surface area (Å²) in [5.41, 5.74) is 1.52. The third kappa shape index (κ3) is 3.90. The van der Waals surface area contributed by atoms with Gasteiger partial charge in [-0.15, -0.1) is 11.8 Å². The van der Waals surface area contributed by atoms with Crippen LogP contribution in [-0.4, -0.2) is 70.1 Å². The Balaban J connectivity index is 1.59. The highest BCUT2D eigenvalue weighted by atomic mass is 35.5. The zero-order chi connectivity index (χ0) is 24.7. The minimum Gasteiger partial charge on any atom is -0.461 e. The number of benzene rings is 1. The van der Waals surface area contributed by atoms with Crippen molar-refractivity contribution >= 4 is 46.8 Å². The molecule has 2 fully saturated rings. The molecule has 0 aliphatic carbocycles. The number of hydrogen-bond donors (Lipinski definition) is 1. The number of aliphatic hydroxyl groups excluding tert-OH is 1. The standard InChI is InChI=1S/C26H29ClN2O5S/c1-16-8-5-9-17(27)21(16)28-13-7-11-26-20(19-18(35-26)10-6-15-34-25(19)33)23(31)29(22(26)24(28)32)12-3-2-4-14-30/h5-11,18-20,22,30H,2-4,12-15H2,1H3/t18-,19+,20+,22?,26+/m1/s1. The summed E-state index contributed by atoms with van der Waals surface area (Å²) in [4.78, 5) is 44.6. The van der Waals surface area contributed by atoms with E-state index in [1.807, 2.05) is 43.4 Å². The summed E-state index contributed by atoms with van der Waals surface area (Å²) in [5, 5.41) is 9.43. The molecule has 5 rings (SSSR count). The molecule has 0 aromatic heterocycles. The zero-order valence-corrected chi connectivity index (χ0v) is 21.1. The fraction of sp³-hybridized carbons (Fsp3) is 0.500. The molecule has 0 radical (unpaired) electrons. The van der Waals surface area contributed by atoms with E-state index in [2.05, 4.69) is 0 Å². The van der Waals surface area contributed by atoms with Gasteiger partial charge in [-0.3, -0.25) is 14.4 Å². The molecule has 4 aliphatic heterocycles. The van der Waals surface area contributed by atoms with Gasteiger partial charge in [-0.05, 0) is 37.8 Å². The molecule has 2 saturated heterocycles. The zero-order valence-electron chi connectivity index (χ0n) is 19.6. The number of hydrogen-bond acceptors (Lipinski definition) is 6. The predicted molar refractivity (Wildman–Crippen MR) is 135 cm³/mol. The Bertz CT molecular complexity index is 1090. The second-order valence-electron chi connectivity index (χ2n) is 9.47. The Kier molecular flexibility index (Phi) is 6.72. The number of carbonyl (C=O) groups excluding carboxylic acids is 3. The third-order valence-electron chi connectivity index (χ3n) is 7.43. The van der Waals surface area contributed by atoms with Crippen LogP contribution < -0.4 is 4.90 Å². The second-order valence-corrected chi connectivity index (χ2v) is 11.4. The highest BCUT2D eigenvalue weighted by molar-refractivity contribution is 8.02. The van der Waals surface area contributed by atoms with Crippen LogP contribution in [0.5, 0.6) is 0 Å². The van der Waals surface area contributed by atoms with E-state index in [1.54, 1.807) is 15.9 Å². The number of aliphatic hydroxyl groups is 1. The van der Waals surface area contributed by atoms with E-state index in [0.29, 0.717) is 36.6 Å². The lowest BCUT2D eigenvalue weighted by molar-refractivity contribution is -0.151. The highest BCUT2D eigenvalue weighted by Gasteiger charge is 2.71. The Morgan fingerprint density at radius 2 is 2.00 bits per heavy atom. The molecule has 7 nitrogen and oxygen atoms in total. The van der Waals surface area contributed by atoms with Crippen LogP contribution in [0, 0.1) is 18.8 Å². The Morgan fingerprint density at radius 1 is 1.17 bits per heavy atom. The summed E-state index contributed by atoms with van der Waals surface area (Å²) in [5.74, 6) is -2.06. The lowest BCUT2D eigenvalue weighted by Gasteiger charge is -2.35.